The minimum atomic E-state index is 0.380. The van der Waals surface area contributed by atoms with Crippen molar-refractivity contribution in [2.75, 3.05) is 6.61 Å². The van der Waals surface area contributed by atoms with Crippen LogP contribution in [0.2, 0.25) is 0 Å². The van der Waals surface area contributed by atoms with E-state index >= 15 is 0 Å². The van der Waals surface area contributed by atoms with Crippen molar-refractivity contribution in [1.82, 2.24) is 0 Å². The lowest BCUT2D eigenvalue weighted by molar-refractivity contribution is 0.0760. The third-order valence-corrected chi connectivity index (χ3v) is 2.66. The Bertz CT molecular complexity index is 83.6. The zero-order valence-electron chi connectivity index (χ0n) is 7.77. The highest BCUT2D eigenvalue weighted by Crippen LogP contribution is 2.11. The Labute approximate surface area is 78.6 Å². The molecule has 0 heterocycles. The van der Waals surface area contributed by atoms with Gasteiger partial charge in [-0.1, -0.05) is 22.9 Å². The summed E-state index contributed by atoms with van der Waals surface area (Å²) in [4.78, 5) is 0.679. The van der Waals surface area contributed by atoms with Gasteiger partial charge >= 0.3 is 0 Å². The zero-order chi connectivity index (χ0) is 8.69. The molecule has 2 heteroatoms. The van der Waals surface area contributed by atoms with Crippen molar-refractivity contribution in [3.8, 4) is 0 Å². The van der Waals surface area contributed by atoms with Crippen LogP contribution in [0.4, 0.5) is 0 Å². The molecule has 0 aliphatic heterocycles. The first-order valence-electron chi connectivity index (χ1n) is 4.42. The molecule has 0 amide bonds. The second-order valence-corrected chi connectivity index (χ2v) is 4.36. The third-order valence-electron chi connectivity index (χ3n) is 1.56. The number of hydrogen-bond acceptors (Lipinski definition) is 1. The van der Waals surface area contributed by atoms with Gasteiger partial charge in [-0.25, -0.2) is 0 Å². The largest absolute Gasteiger partial charge is 0.379 e. The fourth-order valence-corrected chi connectivity index (χ4v) is 1.15. The highest BCUT2D eigenvalue weighted by atomic mass is 79.9. The Morgan fingerprint density at radius 3 is 2.45 bits per heavy atom. The standard InChI is InChI=1S/C9H19BrO/c1-4-9(10)6-5-7-11-8(2)3/h8-9H,4-7H2,1-3H3. The number of rotatable bonds is 6. The van der Waals surface area contributed by atoms with Crippen LogP contribution in [0.15, 0.2) is 0 Å². The molecule has 0 N–H and O–H groups in total. The summed E-state index contributed by atoms with van der Waals surface area (Å²) in [7, 11) is 0. The van der Waals surface area contributed by atoms with Gasteiger partial charge in [0.1, 0.15) is 0 Å². The molecule has 1 nitrogen and oxygen atoms in total. The van der Waals surface area contributed by atoms with E-state index in [9.17, 15) is 0 Å². The summed E-state index contributed by atoms with van der Waals surface area (Å²) in [5.41, 5.74) is 0. The summed E-state index contributed by atoms with van der Waals surface area (Å²) in [5.74, 6) is 0. The Balaban J connectivity index is 3.01. The summed E-state index contributed by atoms with van der Waals surface area (Å²) in [5, 5.41) is 0. The second-order valence-electron chi connectivity index (χ2n) is 3.07. The molecule has 0 aromatic carbocycles. The lowest BCUT2D eigenvalue weighted by Gasteiger charge is -2.08. The van der Waals surface area contributed by atoms with Gasteiger partial charge in [-0.2, -0.15) is 0 Å². The molecule has 0 aromatic heterocycles. The Hall–Kier alpha value is 0.440. The molecule has 0 spiro atoms. The monoisotopic (exact) mass is 222 g/mol. The first kappa shape index (κ1) is 11.4. The van der Waals surface area contributed by atoms with Crippen LogP contribution in [0.3, 0.4) is 0 Å². The molecular weight excluding hydrogens is 204 g/mol. The number of alkyl halides is 1. The van der Waals surface area contributed by atoms with Crippen molar-refractivity contribution >= 4 is 15.9 Å². The van der Waals surface area contributed by atoms with E-state index in [1.165, 1.54) is 19.3 Å². The minimum absolute atomic E-state index is 0.380. The summed E-state index contributed by atoms with van der Waals surface area (Å²) in [6.07, 6.45) is 3.98. The predicted molar refractivity (Wildman–Crippen MR) is 53.3 cm³/mol. The van der Waals surface area contributed by atoms with E-state index in [1.54, 1.807) is 0 Å². The van der Waals surface area contributed by atoms with Gasteiger partial charge < -0.3 is 4.74 Å². The van der Waals surface area contributed by atoms with Gasteiger partial charge in [0.15, 0.2) is 0 Å². The van der Waals surface area contributed by atoms with Gasteiger partial charge in [0, 0.05) is 11.4 Å². The number of ether oxygens (including phenoxy) is 1. The van der Waals surface area contributed by atoms with Crippen molar-refractivity contribution in [2.24, 2.45) is 0 Å². The number of halogens is 1. The quantitative estimate of drug-likeness (QED) is 0.495. The number of hydrogen-bond donors (Lipinski definition) is 0. The average molecular weight is 223 g/mol. The smallest absolute Gasteiger partial charge is 0.0518 e. The predicted octanol–water partition coefficient (Wildman–Crippen LogP) is 3.37. The third kappa shape index (κ3) is 8.35. The minimum Gasteiger partial charge on any atom is -0.379 e. The van der Waals surface area contributed by atoms with Crippen LogP contribution in [0.25, 0.3) is 0 Å². The van der Waals surface area contributed by atoms with Crippen molar-refractivity contribution in [3.63, 3.8) is 0 Å². The first-order valence-corrected chi connectivity index (χ1v) is 5.34. The van der Waals surface area contributed by atoms with Crippen LogP contribution in [-0.4, -0.2) is 17.5 Å². The van der Waals surface area contributed by atoms with Gasteiger partial charge in [0.25, 0.3) is 0 Å². The van der Waals surface area contributed by atoms with E-state index in [-0.39, 0.29) is 0 Å². The van der Waals surface area contributed by atoms with E-state index < -0.39 is 0 Å². The fourth-order valence-electron chi connectivity index (χ4n) is 0.828. The lowest BCUT2D eigenvalue weighted by Crippen LogP contribution is -2.05. The molecule has 11 heavy (non-hydrogen) atoms. The molecule has 1 atom stereocenters. The highest BCUT2D eigenvalue weighted by Gasteiger charge is 2.00. The lowest BCUT2D eigenvalue weighted by atomic mass is 10.2. The van der Waals surface area contributed by atoms with Crippen molar-refractivity contribution < 1.29 is 4.74 Å². The van der Waals surface area contributed by atoms with Crippen LogP contribution in [-0.2, 0) is 4.74 Å². The van der Waals surface area contributed by atoms with E-state index in [2.05, 4.69) is 36.7 Å². The molecule has 0 aliphatic rings. The molecule has 1 unspecified atom stereocenters. The summed E-state index contributed by atoms with van der Waals surface area (Å²) in [6, 6.07) is 0. The maximum atomic E-state index is 5.42. The first-order chi connectivity index (χ1) is 5.16. The Kier molecular flexibility index (Phi) is 7.39. The fraction of sp³-hybridized carbons (Fsp3) is 1.00. The molecule has 0 fully saturated rings. The Morgan fingerprint density at radius 2 is 2.00 bits per heavy atom. The maximum Gasteiger partial charge on any atom is 0.0518 e. The van der Waals surface area contributed by atoms with Crippen LogP contribution in [0.5, 0.6) is 0 Å². The van der Waals surface area contributed by atoms with E-state index in [0.29, 0.717) is 10.9 Å². The molecule has 0 saturated carbocycles. The SMILES string of the molecule is CCC(Br)CCCOC(C)C. The molecule has 0 aromatic rings. The van der Waals surface area contributed by atoms with E-state index in [4.69, 9.17) is 4.74 Å². The second kappa shape index (κ2) is 7.11. The molecule has 0 radical (unpaired) electrons. The summed E-state index contributed by atoms with van der Waals surface area (Å²) in [6.45, 7) is 7.25. The molecule has 0 aliphatic carbocycles. The highest BCUT2D eigenvalue weighted by molar-refractivity contribution is 9.09. The van der Waals surface area contributed by atoms with E-state index in [1.807, 2.05) is 0 Å². The zero-order valence-corrected chi connectivity index (χ0v) is 9.36. The van der Waals surface area contributed by atoms with Crippen LogP contribution in [0, 0.1) is 0 Å². The molecule has 0 bridgehead atoms. The summed E-state index contributed by atoms with van der Waals surface area (Å²) < 4.78 is 5.42. The average Bonchev–Trinajstić information content (AvgIpc) is 1.97. The Morgan fingerprint density at radius 1 is 1.36 bits per heavy atom. The summed E-state index contributed by atoms with van der Waals surface area (Å²) >= 11 is 3.59. The van der Waals surface area contributed by atoms with Gasteiger partial charge in [0.05, 0.1) is 6.10 Å². The topological polar surface area (TPSA) is 9.23 Å². The van der Waals surface area contributed by atoms with Gasteiger partial charge in [-0.15, -0.1) is 0 Å². The van der Waals surface area contributed by atoms with Crippen molar-refractivity contribution in [3.05, 3.63) is 0 Å². The van der Waals surface area contributed by atoms with E-state index in [0.717, 1.165) is 6.61 Å². The normalized spacial score (nSPS) is 13.9. The van der Waals surface area contributed by atoms with Crippen LogP contribution < -0.4 is 0 Å². The molecule has 0 rings (SSSR count). The van der Waals surface area contributed by atoms with Gasteiger partial charge in [-0.3, -0.25) is 0 Å². The molecule has 68 valence electrons. The van der Waals surface area contributed by atoms with Crippen molar-refractivity contribution in [2.45, 2.75) is 51.0 Å². The molecule has 0 saturated heterocycles. The van der Waals surface area contributed by atoms with Gasteiger partial charge in [-0.05, 0) is 33.1 Å². The van der Waals surface area contributed by atoms with Crippen LogP contribution >= 0.6 is 15.9 Å². The molecular formula is C9H19BrO. The van der Waals surface area contributed by atoms with Crippen molar-refractivity contribution in [1.29, 1.82) is 0 Å². The van der Waals surface area contributed by atoms with Gasteiger partial charge in [0.2, 0.25) is 0 Å². The maximum absolute atomic E-state index is 5.42. The van der Waals surface area contributed by atoms with Crippen LogP contribution in [0.1, 0.15) is 40.0 Å².